The van der Waals surface area contributed by atoms with Crippen molar-refractivity contribution < 1.29 is 9.47 Å². The second-order valence-electron chi connectivity index (χ2n) is 4.38. The Balaban J connectivity index is 2.38. The van der Waals surface area contributed by atoms with E-state index in [4.69, 9.17) is 9.47 Å². The first kappa shape index (κ1) is 14.7. The lowest BCUT2D eigenvalue weighted by molar-refractivity contribution is 0.311. The van der Waals surface area contributed by atoms with Gasteiger partial charge in [-0.05, 0) is 36.3 Å². The van der Waals surface area contributed by atoms with Crippen molar-refractivity contribution in [2.24, 2.45) is 0 Å². The van der Waals surface area contributed by atoms with E-state index in [1.807, 2.05) is 61.5 Å². The zero-order valence-corrected chi connectivity index (χ0v) is 12.2. The molecule has 106 valence electrons. The van der Waals surface area contributed by atoms with Crippen LogP contribution in [0.4, 0.5) is 0 Å². The number of hydrogen-bond acceptors (Lipinski definition) is 3. The minimum absolute atomic E-state index is 0.582. The van der Waals surface area contributed by atoms with Crippen LogP contribution in [0, 0.1) is 11.3 Å². The average molecular weight is 279 g/mol. The third kappa shape index (κ3) is 3.64. The van der Waals surface area contributed by atoms with Crippen LogP contribution < -0.4 is 9.47 Å². The standard InChI is InChI=1S/C18H17NO2/c1-3-21-17-10-9-14(12-18(17)20-2)11-16(13-19)15-7-5-4-6-8-15/h4-12H,3H2,1-2H3/b16-11-. The van der Waals surface area contributed by atoms with Crippen molar-refractivity contribution in [3.63, 3.8) is 0 Å². The number of allylic oxidation sites excluding steroid dienone is 1. The van der Waals surface area contributed by atoms with Crippen molar-refractivity contribution in [1.29, 1.82) is 5.26 Å². The molecule has 0 bridgehead atoms. The molecule has 0 fully saturated rings. The van der Waals surface area contributed by atoms with Crippen molar-refractivity contribution in [1.82, 2.24) is 0 Å². The van der Waals surface area contributed by atoms with E-state index in [2.05, 4.69) is 6.07 Å². The van der Waals surface area contributed by atoms with Crippen LogP contribution in [0.25, 0.3) is 11.6 Å². The molecule has 2 rings (SSSR count). The van der Waals surface area contributed by atoms with Gasteiger partial charge in [-0.1, -0.05) is 36.4 Å². The predicted molar refractivity (Wildman–Crippen MR) is 84.1 cm³/mol. The molecule has 0 aliphatic heterocycles. The van der Waals surface area contributed by atoms with Gasteiger partial charge in [0.15, 0.2) is 11.5 Å². The van der Waals surface area contributed by atoms with Crippen LogP contribution in [-0.4, -0.2) is 13.7 Å². The summed E-state index contributed by atoms with van der Waals surface area (Å²) in [5, 5.41) is 9.33. The van der Waals surface area contributed by atoms with Gasteiger partial charge >= 0.3 is 0 Å². The lowest BCUT2D eigenvalue weighted by atomic mass is 10.0. The van der Waals surface area contributed by atoms with Crippen molar-refractivity contribution in [3.8, 4) is 17.6 Å². The molecule has 0 aliphatic rings. The van der Waals surface area contributed by atoms with Gasteiger partial charge in [0.2, 0.25) is 0 Å². The number of nitriles is 1. The minimum atomic E-state index is 0.582. The van der Waals surface area contributed by atoms with Crippen LogP contribution in [0.1, 0.15) is 18.1 Å². The molecule has 0 saturated carbocycles. The molecule has 2 aromatic carbocycles. The Morgan fingerprint density at radius 3 is 2.52 bits per heavy atom. The van der Waals surface area contributed by atoms with Gasteiger partial charge in [-0.15, -0.1) is 0 Å². The van der Waals surface area contributed by atoms with E-state index in [1.165, 1.54) is 0 Å². The number of rotatable bonds is 5. The quantitative estimate of drug-likeness (QED) is 0.609. The molecule has 21 heavy (non-hydrogen) atoms. The molecule has 0 aromatic heterocycles. The summed E-state index contributed by atoms with van der Waals surface area (Å²) >= 11 is 0. The van der Waals surface area contributed by atoms with E-state index < -0.39 is 0 Å². The van der Waals surface area contributed by atoms with E-state index in [0.717, 1.165) is 11.1 Å². The molecule has 0 spiro atoms. The fraction of sp³-hybridized carbons (Fsp3) is 0.167. The first-order valence-corrected chi connectivity index (χ1v) is 6.76. The first-order chi connectivity index (χ1) is 10.3. The molecular formula is C18H17NO2. The summed E-state index contributed by atoms with van der Waals surface area (Å²) in [6.45, 7) is 2.51. The molecule has 2 aromatic rings. The molecule has 0 atom stereocenters. The maximum Gasteiger partial charge on any atom is 0.161 e. The summed E-state index contributed by atoms with van der Waals surface area (Å²) < 4.78 is 10.8. The van der Waals surface area contributed by atoms with E-state index in [9.17, 15) is 5.26 Å². The third-order valence-electron chi connectivity index (χ3n) is 3.00. The highest BCUT2D eigenvalue weighted by Gasteiger charge is 2.06. The van der Waals surface area contributed by atoms with Gasteiger partial charge in [-0.2, -0.15) is 5.26 Å². The summed E-state index contributed by atoms with van der Waals surface area (Å²) in [6, 6.07) is 17.5. The third-order valence-corrected chi connectivity index (χ3v) is 3.00. The molecule has 0 amide bonds. The Morgan fingerprint density at radius 1 is 1.14 bits per heavy atom. The molecule has 0 aliphatic carbocycles. The van der Waals surface area contributed by atoms with E-state index >= 15 is 0 Å². The second-order valence-corrected chi connectivity index (χ2v) is 4.38. The first-order valence-electron chi connectivity index (χ1n) is 6.76. The molecular weight excluding hydrogens is 262 g/mol. The van der Waals surface area contributed by atoms with E-state index in [1.54, 1.807) is 7.11 Å². The fourth-order valence-corrected chi connectivity index (χ4v) is 2.01. The molecule has 0 N–H and O–H groups in total. The number of benzene rings is 2. The second kappa shape index (κ2) is 7.16. The minimum Gasteiger partial charge on any atom is -0.493 e. The Kier molecular flexibility index (Phi) is 5.00. The topological polar surface area (TPSA) is 42.2 Å². The number of ether oxygens (including phenoxy) is 2. The summed E-state index contributed by atoms with van der Waals surface area (Å²) in [6.07, 6.45) is 1.84. The van der Waals surface area contributed by atoms with Gasteiger partial charge in [0.05, 0.1) is 25.4 Å². The van der Waals surface area contributed by atoms with Crippen molar-refractivity contribution in [2.75, 3.05) is 13.7 Å². The zero-order valence-electron chi connectivity index (χ0n) is 12.2. The highest BCUT2D eigenvalue weighted by Crippen LogP contribution is 2.29. The maximum atomic E-state index is 9.33. The molecule has 0 heterocycles. The Labute approximate surface area is 125 Å². The summed E-state index contributed by atoms with van der Waals surface area (Å²) in [7, 11) is 1.60. The SMILES string of the molecule is CCOc1ccc(/C=C(/C#N)c2ccccc2)cc1OC. The lowest BCUT2D eigenvalue weighted by Gasteiger charge is -2.09. The van der Waals surface area contributed by atoms with Crippen LogP contribution >= 0.6 is 0 Å². The zero-order chi connectivity index (χ0) is 15.1. The molecule has 3 nitrogen and oxygen atoms in total. The van der Waals surface area contributed by atoms with Crippen LogP contribution in [0.3, 0.4) is 0 Å². The van der Waals surface area contributed by atoms with E-state index in [0.29, 0.717) is 23.7 Å². The van der Waals surface area contributed by atoms with Crippen LogP contribution in [-0.2, 0) is 0 Å². The van der Waals surface area contributed by atoms with Crippen LogP contribution in [0.5, 0.6) is 11.5 Å². The van der Waals surface area contributed by atoms with Crippen molar-refractivity contribution >= 4 is 11.6 Å². The average Bonchev–Trinajstić information content (AvgIpc) is 2.54. The molecule has 0 unspecified atom stereocenters. The molecule has 0 radical (unpaired) electrons. The highest BCUT2D eigenvalue weighted by molar-refractivity contribution is 5.89. The Morgan fingerprint density at radius 2 is 1.90 bits per heavy atom. The van der Waals surface area contributed by atoms with Gasteiger partial charge in [0, 0.05) is 0 Å². The summed E-state index contributed by atoms with van der Waals surface area (Å²) in [5.74, 6) is 1.37. The van der Waals surface area contributed by atoms with Gasteiger partial charge in [-0.3, -0.25) is 0 Å². The van der Waals surface area contributed by atoms with Gasteiger partial charge in [0.1, 0.15) is 0 Å². The smallest absolute Gasteiger partial charge is 0.161 e. The summed E-state index contributed by atoms with van der Waals surface area (Å²) in [5.41, 5.74) is 2.41. The number of hydrogen-bond donors (Lipinski definition) is 0. The molecule has 0 saturated heterocycles. The number of methoxy groups -OCH3 is 1. The molecule has 3 heteroatoms. The van der Waals surface area contributed by atoms with Gasteiger partial charge < -0.3 is 9.47 Å². The van der Waals surface area contributed by atoms with Crippen LogP contribution in [0.15, 0.2) is 48.5 Å². The van der Waals surface area contributed by atoms with Crippen LogP contribution in [0.2, 0.25) is 0 Å². The normalized spacial score (nSPS) is 10.8. The van der Waals surface area contributed by atoms with E-state index in [-0.39, 0.29) is 0 Å². The maximum absolute atomic E-state index is 9.33. The largest absolute Gasteiger partial charge is 0.493 e. The monoisotopic (exact) mass is 279 g/mol. The highest BCUT2D eigenvalue weighted by atomic mass is 16.5. The van der Waals surface area contributed by atoms with Crippen molar-refractivity contribution in [3.05, 3.63) is 59.7 Å². The summed E-state index contributed by atoms with van der Waals surface area (Å²) in [4.78, 5) is 0. The predicted octanol–water partition coefficient (Wildman–Crippen LogP) is 4.16. The van der Waals surface area contributed by atoms with Crippen molar-refractivity contribution in [2.45, 2.75) is 6.92 Å². The Bertz CT molecular complexity index is 669. The number of nitrogens with zero attached hydrogens (tertiary/aromatic N) is 1. The van der Waals surface area contributed by atoms with Gasteiger partial charge in [0.25, 0.3) is 0 Å². The fourth-order valence-electron chi connectivity index (χ4n) is 2.01. The Hall–Kier alpha value is -2.73. The van der Waals surface area contributed by atoms with Gasteiger partial charge in [-0.25, -0.2) is 0 Å². The lowest BCUT2D eigenvalue weighted by Crippen LogP contribution is -1.95.